The van der Waals surface area contributed by atoms with Crippen LogP contribution in [-0.4, -0.2) is 57.3 Å². The molecule has 0 fully saturated rings. The van der Waals surface area contributed by atoms with Gasteiger partial charge < -0.3 is 25.7 Å². The first kappa shape index (κ1) is 51.0. The summed E-state index contributed by atoms with van der Waals surface area (Å²) >= 11 is 0. The molecule has 0 saturated carbocycles. The molecule has 0 aromatic carbocycles. The monoisotopic (exact) mass is 738 g/mol. The quantitative estimate of drug-likeness (QED) is 0.0316. The molecule has 310 valence electrons. The summed E-state index contributed by atoms with van der Waals surface area (Å²) < 4.78 is 0. The second-order valence-electron chi connectivity index (χ2n) is 16.1. The smallest absolute Gasteiger partial charge is 0.249 e. The van der Waals surface area contributed by atoms with E-state index < -0.39 is 36.9 Å². The fourth-order valence-electron chi connectivity index (χ4n) is 7.29. The highest BCUT2D eigenvalue weighted by Crippen LogP contribution is 2.16. The minimum Gasteiger partial charge on any atom is -0.394 e. The number of unbranched alkanes of at least 4 members (excludes halogenated alkanes) is 31. The van der Waals surface area contributed by atoms with Gasteiger partial charge in [0.2, 0.25) is 5.91 Å². The maximum absolute atomic E-state index is 12.5. The first-order valence-corrected chi connectivity index (χ1v) is 23.1. The lowest BCUT2D eigenvalue weighted by Crippen LogP contribution is -2.53. The highest BCUT2D eigenvalue weighted by Gasteiger charge is 2.28. The molecule has 1 amide bonds. The zero-order chi connectivity index (χ0) is 38.2. The van der Waals surface area contributed by atoms with Gasteiger partial charge in [-0.1, -0.05) is 219 Å². The average molecular weight is 738 g/mol. The van der Waals surface area contributed by atoms with E-state index in [0.29, 0.717) is 12.8 Å². The van der Waals surface area contributed by atoms with Crippen molar-refractivity contribution < 1.29 is 25.2 Å². The number of aliphatic hydroxyl groups excluding tert-OH is 4. The number of aliphatic hydroxyl groups is 4. The zero-order valence-electron chi connectivity index (χ0n) is 34.8. The lowest BCUT2D eigenvalue weighted by Gasteiger charge is -2.27. The normalized spacial score (nSPS) is 14.2. The Balaban J connectivity index is 3.72. The molecule has 0 saturated heterocycles. The van der Waals surface area contributed by atoms with Gasteiger partial charge in [-0.3, -0.25) is 4.79 Å². The molecule has 0 rings (SSSR count). The molecule has 0 radical (unpaired) electrons. The molecule has 0 aromatic rings. The third kappa shape index (κ3) is 34.8. The number of allylic oxidation sites excluding steroid dienone is 2. The maximum atomic E-state index is 12.5. The molecule has 0 spiro atoms. The van der Waals surface area contributed by atoms with E-state index in [2.05, 4.69) is 31.3 Å². The Morgan fingerprint density at radius 2 is 0.788 bits per heavy atom. The predicted octanol–water partition coefficient (Wildman–Crippen LogP) is 12.2. The van der Waals surface area contributed by atoms with Gasteiger partial charge in [-0.15, -0.1) is 0 Å². The molecule has 0 heterocycles. The Bertz CT molecular complexity index is 746. The molecular weight excluding hydrogens is 647 g/mol. The molecule has 0 aromatic heterocycles. The zero-order valence-corrected chi connectivity index (χ0v) is 34.8. The van der Waals surface area contributed by atoms with E-state index >= 15 is 0 Å². The van der Waals surface area contributed by atoms with Crippen LogP contribution >= 0.6 is 0 Å². The van der Waals surface area contributed by atoms with Gasteiger partial charge in [0.1, 0.15) is 12.2 Å². The van der Waals surface area contributed by atoms with Crippen LogP contribution in [0.5, 0.6) is 0 Å². The molecule has 0 bridgehead atoms. The topological polar surface area (TPSA) is 110 Å². The highest BCUT2D eigenvalue weighted by atomic mass is 16.3. The third-order valence-electron chi connectivity index (χ3n) is 11.0. The van der Waals surface area contributed by atoms with Gasteiger partial charge in [0, 0.05) is 0 Å². The molecule has 0 aliphatic rings. The first-order chi connectivity index (χ1) is 25.5. The Morgan fingerprint density at radius 1 is 0.462 bits per heavy atom. The lowest BCUT2D eigenvalue weighted by molar-refractivity contribution is -0.132. The van der Waals surface area contributed by atoms with Gasteiger partial charge in [-0.05, 0) is 38.5 Å². The lowest BCUT2D eigenvalue weighted by atomic mass is 10.00. The van der Waals surface area contributed by atoms with Crippen molar-refractivity contribution in [2.75, 3.05) is 6.61 Å². The summed E-state index contributed by atoms with van der Waals surface area (Å²) in [6.07, 6.45) is 45.3. The number of nitrogens with one attached hydrogen (secondary N) is 1. The van der Waals surface area contributed by atoms with Gasteiger partial charge in [0.15, 0.2) is 0 Å². The Kier molecular flexibility index (Phi) is 40.5. The van der Waals surface area contributed by atoms with Crippen molar-refractivity contribution in [1.82, 2.24) is 5.32 Å². The average Bonchev–Trinajstić information content (AvgIpc) is 3.15. The van der Waals surface area contributed by atoms with E-state index in [-0.39, 0.29) is 0 Å². The second-order valence-corrected chi connectivity index (χ2v) is 16.1. The predicted molar refractivity (Wildman–Crippen MR) is 224 cm³/mol. The number of hydrogen-bond donors (Lipinski definition) is 5. The summed E-state index contributed by atoms with van der Waals surface area (Å²) in [4.78, 5) is 12.5. The van der Waals surface area contributed by atoms with Crippen molar-refractivity contribution in [1.29, 1.82) is 0 Å². The fraction of sp³-hybridized carbons (Fsp3) is 0.935. The van der Waals surface area contributed by atoms with Crippen LogP contribution in [0.2, 0.25) is 0 Å². The Morgan fingerprint density at radius 3 is 1.15 bits per heavy atom. The third-order valence-corrected chi connectivity index (χ3v) is 11.0. The number of hydrogen-bond acceptors (Lipinski definition) is 5. The number of carbonyl (C=O) groups is 1. The second kappa shape index (κ2) is 41.2. The molecule has 0 aliphatic carbocycles. The van der Waals surface area contributed by atoms with Gasteiger partial charge >= 0.3 is 0 Å². The van der Waals surface area contributed by atoms with Crippen LogP contribution in [0.15, 0.2) is 12.2 Å². The molecule has 52 heavy (non-hydrogen) atoms. The van der Waals surface area contributed by atoms with Crippen LogP contribution in [0.1, 0.15) is 245 Å². The van der Waals surface area contributed by atoms with Gasteiger partial charge in [0.05, 0.1) is 18.8 Å². The van der Waals surface area contributed by atoms with Crippen LogP contribution in [0.25, 0.3) is 0 Å². The van der Waals surface area contributed by atoms with E-state index in [0.717, 1.165) is 38.5 Å². The van der Waals surface area contributed by atoms with E-state index in [1.165, 1.54) is 180 Å². The summed E-state index contributed by atoms with van der Waals surface area (Å²) in [5, 5.41) is 43.7. The van der Waals surface area contributed by atoms with E-state index in [1.54, 1.807) is 0 Å². The molecular formula is C46H91NO5. The molecule has 6 heteroatoms. The van der Waals surface area contributed by atoms with E-state index in [1.807, 2.05) is 0 Å². The number of carbonyl (C=O) groups excluding carboxylic acids is 1. The number of amides is 1. The summed E-state index contributed by atoms with van der Waals surface area (Å²) in [5.41, 5.74) is 0. The molecule has 4 atom stereocenters. The van der Waals surface area contributed by atoms with Gasteiger partial charge in [-0.25, -0.2) is 0 Å². The number of rotatable bonds is 42. The summed E-state index contributed by atoms with van der Waals surface area (Å²) in [5.74, 6) is -0.590. The van der Waals surface area contributed by atoms with Gasteiger partial charge in [-0.2, -0.15) is 0 Å². The minimum absolute atomic E-state index is 0.368. The summed E-state index contributed by atoms with van der Waals surface area (Å²) in [6, 6.07) is -0.997. The SMILES string of the molecule is CCCCCCCCCCCCCCCCCC/C=C/CCCC(O)C(O)C(CO)NC(=O)C(O)CCCCCCCCCCCCCCCCC. The molecule has 0 aliphatic heterocycles. The standard InChI is InChI=1S/C46H91NO5/c1-3-5-7-9-11-13-15-17-19-20-21-22-23-24-26-27-29-31-33-35-37-39-43(49)45(51)42(41-48)47-46(52)44(50)40-38-36-34-32-30-28-25-18-16-14-12-10-8-6-4-2/h31,33,42-45,48-51H,3-30,32,34-41H2,1-2H3,(H,47,52)/b33-31+. The van der Waals surface area contributed by atoms with Crippen LogP contribution < -0.4 is 5.32 Å². The van der Waals surface area contributed by atoms with Crippen molar-refractivity contribution in [2.24, 2.45) is 0 Å². The van der Waals surface area contributed by atoms with Crippen LogP contribution in [-0.2, 0) is 4.79 Å². The van der Waals surface area contributed by atoms with Crippen LogP contribution in [0.4, 0.5) is 0 Å². The van der Waals surface area contributed by atoms with Gasteiger partial charge in [0.25, 0.3) is 0 Å². The first-order valence-electron chi connectivity index (χ1n) is 23.1. The van der Waals surface area contributed by atoms with Crippen molar-refractivity contribution >= 4 is 5.91 Å². The largest absolute Gasteiger partial charge is 0.394 e. The van der Waals surface area contributed by atoms with Crippen LogP contribution in [0, 0.1) is 0 Å². The van der Waals surface area contributed by atoms with Crippen molar-refractivity contribution in [3.05, 3.63) is 12.2 Å². The van der Waals surface area contributed by atoms with Crippen molar-refractivity contribution in [2.45, 2.75) is 269 Å². The van der Waals surface area contributed by atoms with E-state index in [9.17, 15) is 25.2 Å². The summed E-state index contributed by atoms with van der Waals surface area (Å²) in [7, 11) is 0. The van der Waals surface area contributed by atoms with E-state index in [4.69, 9.17) is 0 Å². The Labute approximate surface area is 323 Å². The maximum Gasteiger partial charge on any atom is 0.249 e. The van der Waals surface area contributed by atoms with Crippen molar-refractivity contribution in [3.8, 4) is 0 Å². The highest BCUT2D eigenvalue weighted by molar-refractivity contribution is 5.80. The van der Waals surface area contributed by atoms with Crippen LogP contribution in [0.3, 0.4) is 0 Å². The molecule has 4 unspecified atom stereocenters. The van der Waals surface area contributed by atoms with Crippen molar-refractivity contribution in [3.63, 3.8) is 0 Å². The minimum atomic E-state index is -1.28. The molecule has 6 nitrogen and oxygen atoms in total. The summed E-state index contributed by atoms with van der Waals surface area (Å²) in [6.45, 7) is 4.05. The fourth-order valence-corrected chi connectivity index (χ4v) is 7.29. The Hall–Kier alpha value is -0.950. The molecule has 5 N–H and O–H groups in total.